The summed E-state index contributed by atoms with van der Waals surface area (Å²) in [5, 5.41) is 2.90. The first-order valence-corrected chi connectivity index (χ1v) is 9.92. The fourth-order valence-corrected chi connectivity index (χ4v) is 3.69. The molecule has 0 atom stereocenters. The van der Waals surface area contributed by atoms with Crippen LogP contribution in [-0.2, 0) is 6.54 Å². The van der Waals surface area contributed by atoms with E-state index in [0.29, 0.717) is 23.4 Å². The van der Waals surface area contributed by atoms with Crippen molar-refractivity contribution in [2.75, 3.05) is 17.3 Å². The number of hydrogen-bond acceptors (Lipinski definition) is 3. The average Bonchev–Trinajstić information content (AvgIpc) is 3.07. The van der Waals surface area contributed by atoms with Gasteiger partial charge in [-0.15, -0.1) is 0 Å². The maximum absolute atomic E-state index is 13.1. The summed E-state index contributed by atoms with van der Waals surface area (Å²) >= 11 is 3.46. The number of methoxy groups -OCH3 is 1. The van der Waals surface area contributed by atoms with Crippen molar-refractivity contribution in [1.82, 2.24) is 0 Å². The quantitative estimate of drug-likeness (QED) is 0.595. The van der Waals surface area contributed by atoms with Gasteiger partial charge in [-0.1, -0.05) is 28.1 Å². The summed E-state index contributed by atoms with van der Waals surface area (Å²) in [5.41, 5.74) is 4.14. The second-order valence-electron chi connectivity index (χ2n) is 6.85. The van der Waals surface area contributed by atoms with Gasteiger partial charge in [0.25, 0.3) is 11.8 Å². The summed E-state index contributed by atoms with van der Waals surface area (Å²) < 4.78 is 6.16. The molecule has 0 fully saturated rings. The van der Waals surface area contributed by atoms with Gasteiger partial charge in [0.1, 0.15) is 5.75 Å². The van der Waals surface area contributed by atoms with Crippen molar-refractivity contribution < 1.29 is 14.3 Å². The molecule has 2 amide bonds. The van der Waals surface area contributed by atoms with Crippen LogP contribution in [0.15, 0.2) is 65.1 Å². The molecular formula is C23H19BrN2O3. The number of nitrogens with one attached hydrogen (secondary N) is 1. The van der Waals surface area contributed by atoms with Crippen LogP contribution in [-0.4, -0.2) is 18.9 Å². The third kappa shape index (κ3) is 3.63. The van der Waals surface area contributed by atoms with E-state index in [-0.39, 0.29) is 11.8 Å². The molecule has 6 heteroatoms. The molecule has 1 aliphatic rings. The summed E-state index contributed by atoms with van der Waals surface area (Å²) in [6.07, 6.45) is 0. The van der Waals surface area contributed by atoms with Gasteiger partial charge in [0.2, 0.25) is 0 Å². The lowest BCUT2D eigenvalue weighted by Crippen LogP contribution is -2.24. The van der Waals surface area contributed by atoms with E-state index < -0.39 is 0 Å². The first kappa shape index (κ1) is 19.2. The Morgan fingerprint density at radius 3 is 2.55 bits per heavy atom. The van der Waals surface area contributed by atoms with Crippen molar-refractivity contribution >= 4 is 39.1 Å². The highest BCUT2D eigenvalue weighted by molar-refractivity contribution is 9.10. The molecule has 3 aromatic rings. The molecule has 5 nitrogen and oxygen atoms in total. The SMILES string of the molecule is COc1ccc(N2Cc3cccc(C(=O)Nc4ccc(Br)c(C)c4)c3C2=O)cc1. The van der Waals surface area contributed by atoms with Gasteiger partial charge in [0, 0.05) is 15.8 Å². The van der Waals surface area contributed by atoms with Crippen LogP contribution in [0.2, 0.25) is 0 Å². The average molecular weight is 451 g/mol. The van der Waals surface area contributed by atoms with E-state index in [4.69, 9.17) is 4.74 Å². The summed E-state index contributed by atoms with van der Waals surface area (Å²) in [6.45, 7) is 2.38. The number of benzene rings is 3. The number of carbonyl (C=O) groups excluding carboxylic acids is 2. The zero-order chi connectivity index (χ0) is 20.5. The predicted molar refractivity (Wildman–Crippen MR) is 117 cm³/mol. The lowest BCUT2D eigenvalue weighted by atomic mass is 10.0. The largest absolute Gasteiger partial charge is 0.497 e. The van der Waals surface area contributed by atoms with Gasteiger partial charge in [-0.05, 0) is 66.6 Å². The molecule has 3 aromatic carbocycles. The summed E-state index contributed by atoms with van der Waals surface area (Å²) in [4.78, 5) is 27.7. The monoisotopic (exact) mass is 450 g/mol. The van der Waals surface area contributed by atoms with Crippen molar-refractivity contribution in [3.63, 3.8) is 0 Å². The molecule has 1 N–H and O–H groups in total. The molecule has 0 aliphatic carbocycles. The van der Waals surface area contributed by atoms with E-state index in [2.05, 4.69) is 21.2 Å². The zero-order valence-electron chi connectivity index (χ0n) is 16.0. The number of anilines is 2. The van der Waals surface area contributed by atoms with Crippen LogP contribution < -0.4 is 15.0 Å². The fraction of sp³-hybridized carbons (Fsp3) is 0.130. The first-order chi connectivity index (χ1) is 14.0. The maximum Gasteiger partial charge on any atom is 0.259 e. The van der Waals surface area contributed by atoms with Crippen molar-refractivity contribution in [3.8, 4) is 5.75 Å². The Kier molecular flexibility index (Phi) is 5.11. The topological polar surface area (TPSA) is 58.6 Å². The molecule has 0 unspecified atom stereocenters. The number of nitrogens with zero attached hydrogens (tertiary/aromatic N) is 1. The van der Waals surface area contributed by atoms with E-state index in [1.165, 1.54) is 0 Å². The lowest BCUT2D eigenvalue weighted by molar-refractivity contribution is 0.0976. The molecule has 1 aliphatic heterocycles. The van der Waals surface area contributed by atoms with Gasteiger partial charge in [-0.2, -0.15) is 0 Å². The van der Waals surface area contributed by atoms with Gasteiger partial charge >= 0.3 is 0 Å². The predicted octanol–water partition coefficient (Wildman–Crippen LogP) is 5.18. The van der Waals surface area contributed by atoms with Crippen LogP contribution >= 0.6 is 15.9 Å². The van der Waals surface area contributed by atoms with E-state index in [0.717, 1.165) is 27.0 Å². The van der Waals surface area contributed by atoms with Gasteiger partial charge in [-0.25, -0.2) is 0 Å². The van der Waals surface area contributed by atoms with Crippen LogP contribution in [0, 0.1) is 6.92 Å². The minimum atomic E-state index is -0.298. The van der Waals surface area contributed by atoms with Crippen LogP contribution in [0.5, 0.6) is 5.75 Å². The Morgan fingerprint density at radius 2 is 1.86 bits per heavy atom. The van der Waals surface area contributed by atoms with Gasteiger partial charge in [0.05, 0.1) is 24.8 Å². The standard InChI is InChI=1S/C23H19BrN2O3/c1-14-12-16(6-11-20(14)24)25-22(27)19-5-3-4-15-13-26(23(28)21(15)19)17-7-9-18(29-2)10-8-17/h3-12H,13H2,1-2H3,(H,25,27). The molecule has 0 saturated carbocycles. The van der Waals surface area contributed by atoms with E-state index in [9.17, 15) is 9.59 Å². The van der Waals surface area contributed by atoms with Crippen LogP contribution in [0.4, 0.5) is 11.4 Å². The Hall–Kier alpha value is -3.12. The van der Waals surface area contributed by atoms with Gasteiger partial charge < -0.3 is 15.0 Å². The Labute approximate surface area is 177 Å². The number of rotatable bonds is 4. The van der Waals surface area contributed by atoms with E-state index in [1.54, 1.807) is 18.1 Å². The number of hydrogen-bond donors (Lipinski definition) is 1. The van der Waals surface area contributed by atoms with Crippen molar-refractivity contribution in [2.45, 2.75) is 13.5 Å². The summed E-state index contributed by atoms with van der Waals surface area (Å²) in [7, 11) is 1.60. The highest BCUT2D eigenvalue weighted by Crippen LogP contribution is 2.32. The molecule has 29 heavy (non-hydrogen) atoms. The minimum Gasteiger partial charge on any atom is -0.497 e. The van der Waals surface area contributed by atoms with E-state index in [1.807, 2.05) is 61.5 Å². The molecule has 1 heterocycles. The number of halogens is 1. The van der Waals surface area contributed by atoms with Crippen LogP contribution in [0.3, 0.4) is 0 Å². The second kappa shape index (κ2) is 7.72. The molecule has 0 spiro atoms. The Bertz CT molecular complexity index is 1110. The van der Waals surface area contributed by atoms with E-state index >= 15 is 0 Å². The third-order valence-corrected chi connectivity index (χ3v) is 5.87. The number of carbonyl (C=O) groups is 2. The molecular weight excluding hydrogens is 432 g/mol. The Balaban J connectivity index is 1.62. The summed E-state index contributed by atoms with van der Waals surface area (Å²) in [6, 6.07) is 18.3. The molecule has 0 saturated heterocycles. The van der Waals surface area contributed by atoms with Crippen molar-refractivity contribution in [1.29, 1.82) is 0 Å². The molecule has 0 bridgehead atoms. The molecule has 4 rings (SSSR count). The molecule has 146 valence electrons. The molecule has 0 aromatic heterocycles. The number of fused-ring (bicyclic) bond motifs is 1. The summed E-state index contributed by atoms with van der Waals surface area (Å²) in [5.74, 6) is 0.249. The lowest BCUT2D eigenvalue weighted by Gasteiger charge is -2.16. The smallest absolute Gasteiger partial charge is 0.259 e. The highest BCUT2D eigenvalue weighted by atomic mass is 79.9. The van der Waals surface area contributed by atoms with Gasteiger partial charge in [0.15, 0.2) is 0 Å². The normalized spacial score (nSPS) is 12.7. The zero-order valence-corrected chi connectivity index (χ0v) is 17.6. The number of aryl methyl sites for hydroxylation is 1. The maximum atomic E-state index is 13.1. The van der Waals surface area contributed by atoms with Crippen molar-refractivity contribution in [2.24, 2.45) is 0 Å². The highest BCUT2D eigenvalue weighted by Gasteiger charge is 2.32. The third-order valence-electron chi connectivity index (χ3n) is 4.98. The minimum absolute atomic E-state index is 0.178. The van der Waals surface area contributed by atoms with Crippen molar-refractivity contribution in [3.05, 3.63) is 87.4 Å². The number of ether oxygens (including phenoxy) is 1. The number of amides is 2. The second-order valence-corrected chi connectivity index (χ2v) is 7.70. The molecule has 0 radical (unpaired) electrons. The first-order valence-electron chi connectivity index (χ1n) is 9.13. The van der Waals surface area contributed by atoms with Crippen LogP contribution in [0.1, 0.15) is 31.8 Å². The Morgan fingerprint density at radius 1 is 1.10 bits per heavy atom. The fourth-order valence-electron chi connectivity index (χ4n) is 3.44. The van der Waals surface area contributed by atoms with Crippen LogP contribution in [0.25, 0.3) is 0 Å². The van der Waals surface area contributed by atoms with Gasteiger partial charge in [-0.3, -0.25) is 9.59 Å².